The van der Waals surface area contributed by atoms with Crippen molar-refractivity contribution in [3.05, 3.63) is 66.7 Å². The first kappa shape index (κ1) is 18.4. The van der Waals surface area contributed by atoms with Crippen LogP contribution in [0.4, 0.5) is 11.5 Å². The standard InChI is InChI=1S/C21H22N4O2/c1-15(14-21(26)23-16-8-4-3-5-9-16)22-20-13-12-18(24-25-20)17-10-6-7-11-19(17)27-2/h3-13,15H,14H2,1-2H3,(H,22,25)(H,23,26). The molecule has 0 saturated carbocycles. The lowest BCUT2D eigenvalue weighted by atomic mass is 10.1. The Hall–Kier alpha value is -3.41. The van der Waals surface area contributed by atoms with Crippen LogP contribution in [0.1, 0.15) is 13.3 Å². The molecule has 6 nitrogen and oxygen atoms in total. The third-order valence-electron chi connectivity index (χ3n) is 3.99. The molecule has 3 rings (SSSR count). The lowest BCUT2D eigenvalue weighted by Gasteiger charge is -2.14. The molecule has 0 spiro atoms. The van der Waals surface area contributed by atoms with Gasteiger partial charge in [0.1, 0.15) is 11.6 Å². The molecule has 1 atom stereocenters. The number of hydrogen-bond donors (Lipinski definition) is 2. The number of ether oxygens (including phenoxy) is 1. The maximum atomic E-state index is 12.1. The molecule has 0 bridgehead atoms. The maximum absolute atomic E-state index is 12.1. The fourth-order valence-electron chi connectivity index (χ4n) is 2.72. The van der Waals surface area contributed by atoms with Crippen LogP contribution in [0, 0.1) is 0 Å². The van der Waals surface area contributed by atoms with Crippen molar-refractivity contribution in [2.24, 2.45) is 0 Å². The van der Waals surface area contributed by atoms with Crippen molar-refractivity contribution in [2.45, 2.75) is 19.4 Å². The zero-order valence-electron chi connectivity index (χ0n) is 15.3. The van der Waals surface area contributed by atoms with Crippen LogP contribution in [0.15, 0.2) is 66.7 Å². The molecule has 2 N–H and O–H groups in total. The Bertz CT molecular complexity index is 882. The van der Waals surface area contributed by atoms with Gasteiger partial charge in [-0.05, 0) is 43.3 Å². The van der Waals surface area contributed by atoms with Crippen molar-refractivity contribution >= 4 is 17.4 Å². The predicted molar refractivity (Wildman–Crippen MR) is 107 cm³/mol. The quantitative estimate of drug-likeness (QED) is 0.665. The molecule has 0 aliphatic heterocycles. The highest BCUT2D eigenvalue weighted by molar-refractivity contribution is 5.91. The molecule has 0 aliphatic rings. The summed E-state index contributed by atoms with van der Waals surface area (Å²) in [4.78, 5) is 12.1. The molecule has 0 saturated heterocycles. The number of anilines is 2. The molecule has 0 radical (unpaired) electrons. The maximum Gasteiger partial charge on any atom is 0.226 e. The Morgan fingerprint density at radius 3 is 2.44 bits per heavy atom. The van der Waals surface area contributed by atoms with E-state index in [1.807, 2.05) is 73.7 Å². The SMILES string of the molecule is COc1ccccc1-c1ccc(NC(C)CC(=O)Nc2ccccc2)nn1. The first-order valence-corrected chi connectivity index (χ1v) is 8.74. The van der Waals surface area contributed by atoms with E-state index in [4.69, 9.17) is 4.74 Å². The van der Waals surface area contributed by atoms with E-state index in [1.165, 1.54) is 0 Å². The molecule has 3 aromatic rings. The molecule has 2 aromatic carbocycles. The van der Waals surface area contributed by atoms with Crippen LogP contribution in [0.3, 0.4) is 0 Å². The molecule has 27 heavy (non-hydrogen) atoms. The second-order valence-corrected chi connectivity index (χ2v) is 6.17. The Morgan fingerprint density at radius 1 is 1.00 bits per heavy atom. The van der Waals surface area contributed by atoms with E-state index in [0.717, 1.165) is 22.7 Å². The lowest BCUT2D eigenvalue weighted by molar-refractivity contribution is -0.116. The molecule has 1 aromatic heterocycles. The number of rotatable bonds is 7. The molecule has 1 unspecified atom stereocenters. The normalized spacial score (nSPS) is 11.5. The van der Waals surface area contributed by atoms with Crippen LogP contribution in [0.5, 0.6) is 5.75 Å². The third kappa shape index (κ3) is 5.04. The zero-order valence-corrected chi connectivity index (χ0v) is 15.3. The summed E-state index contributed by atoms with van der Waals surface area (Å²) in [6.45, 7) is 1.93. The minimum atomic E-state index is -0.0832. The number of methoxy groups -OCH3 is 1. The predicted octanol–water partition coefficient (Wildman–Crippen LogP) is 3.98. The first-order valence-electron chi connectivity index (χ1n) is 8.74. The number of aromatic nitrogens is 2. The van der Waals surface area contributed by atoms with E-state index >= 15 is 0 Å². The number of benzene rings is 2. The van der Waals surface area contributed by atoms with Crippen LogP contribution in [0.2, 0.25) is 0 Å². The highest BCUT2D eigenvalue weighted by atomic mass is 16.5. The van der Waals surface area contributed by atoms with Gasteiger partial charge in [0.25, 0.3) is 0 Å². The number of nitrogens with one attached hydrogen (secondary N) is 2. The summed E-state index contributed by atoms with van der Waals surface area (Å²) in [5.41, 5.74) is 2.40. The molecule has 0 fully saturated rings. The van der Waals surface area contributed by atoms with E-state index < -0.39 is 0 Å². The summed E-state index contributed by atoms with van der Waals surface area (Å²) in [5.74, 6) is 1.31. The Balaban J connectivity index is 1.58. The van der Waals surface area contributed by atoms with Gasteiger partial charge in [-0.25, -0.2) is 0 Å². The largest absolute Gasteiger partial charge is 0.496 e. The van der Waals surface area contributed by atoms with Crippen LogP contribution in [-0.4, -0.2) is 29.3 Å². The zero-order chi connectivity index (χ0) is 19.1. The molecular weight excluding hydrogens is 340 g/mol. The number of amides is 1. The van der Waals surface area contributed by atoms with Gasteiger partial charge < -0.3 is 15.4 Å². The van der Waals surface area contributed by atoms with Crippen LogP contribution >= 0.6 is 0 Å². The minimum Gasteiger partial charge on any atom is -0.496 e. The summed E-state index contributed by atoms with van der Waals surface area (Å²) >= 11 is 0. The van der Waals surface area contributed by atoms with Gasteiger partial charge in [0.05, 0.1) is 12.8 Å². The summed E-state index contributed by atoms with van der Waals surface area (Å²) in [5, 5.41) is 14.6. The molecule has 1 heterocycles. The van der Waals surface area contributed by atoms with Crippen LogP contribution in [0.25, 0.3) is 11.3 Å². The summed E-state index contributed by atoms with van der Waals surface area (Å²) < 4.78 is 5.36. The van der Waals surface area contributed by atoms with E-state index in [-0.39, 0.29) is 11.9 Å². The van der Waals surface area contributed by atoms with E-state index in [0.29, 0.717) is 12.2 Å². The fraction of sp³-hybridized carbons (Fsp3) is 0.190. The average molecular weight is 362 g/mol. The van der Waals surface area contributed by atoms with Crippen LogP contribution in [-0.2, 0) is 4.79 Å². The number of carbonyl (C=O) groups is 1. The molecule has 0 aliphatic carbocycles. The van der Waals surface area contributed by atoms with Gasteiger partial charge in [0.15, 0.2) is 0 Å². The summed E-state index contributed by atoms with van der Waals surface area (Å²) in [6, 6.07) is 20.7. The van der Waals surface area contributed by atoms with Crippen molar-refractivity contribution in [2.75, 3.05) is 17.7 Å². The monoisotopic (exact) mass is 362 g/mol. The first-order chi connectivity index (χ1) is 13.2. The number of hydrogen-bond acceptors (Lipinski definition) is 5. The van der Waals surface area contributed by atoms with Gasteiger partial charge >= 0.3 is 0 Å². The minimum absolute atomic E-state index is 0.0557. The number of carbonyl (C=O) groups excluding carboxylic acids is 1. The van der Waals surface area contributed by atoms with Gasteiger partial charge in [-0.2, -0.15) is 0 Å². The highest BCUT2D eigenvalue weighted by Crippen LogP contribution is 2.27. The Kier molecular flexibility index (Phi) is 5.99. The number of para-hydroxylation sites is 2. The molecule has 138 valence electrons. The van der Waals surface area contributed by atoms with Gasteiger partial charge in [-0.3, -0.25) is 4.79 Å². The average Bonchev–Trinajstić information content (AvgIpc) is 2.69. The van der Waals surface area contributed by atoms with E-state index in [9.17, 15) is 4.79 Å². The summed E-state index contributed by atoms with van der Waals surface area (Å²) in [7, 11) is 1.63. The van der Waals surface area contributed by atoms with Gasteiger partial charge in [-0.15, -0.1) is 10.2 Å². The number of nitrogens with zero attached hydrogens (tertiary/aromatic N) is 2. The van der Waals surface area contributed by atoms with E-state index in [1.54, 1.807) is 7.11 Å². The third-order valence-corrected chi connectivity index (χ3v) is 3.99. The second-order valence-electron chi connectivity index (χ2n) is 6.17. The lowest BCUT2D eigenvalue weighted by Crippen LogP contribution is -2.24. The molecule has 6 heteroatoms. The van der Waals surface area contributed by atoms with Crippen molar-refractivity contribution < 1.29 is 9.53 Å². The Morgan fingerprint density at radius 2 is 1.74 bits per heavy atom. The van der Waals surface area contributed by atoms with Gasteiger partial charge in [-0.1, -0.05) is 30.3 Å². The summed E-state index contributed by atoms with van der Waals surface area (Å²) in [6.07, 6.45) is 0.324. The van der Waals surface area contributed by atoms with Crippen molar-refractivity contribution in [1.29, 1.82) is 0 Å². The second kappa shape index (κ2) is 8.80. The van der Waals surface area contributed by atoms with Gasteiger partial charge in [0, 0.05) is 23.7 Å². The van der Waals surface area contributed by atoms with Crippen molar-refractivity contribution in [3.63, 3.8) is 0 Å². The Labute approximate surface area is 158 Å². The fourth-order valence-corrected chi connectivity index (χ4v) is 2.72. The smallest absolute Gasteiger partial charge is 0.226 e. The van der Waals surface area contributed by atoms with Crippen molar-refractivity contribution in [3.8, 4) is 17.0 Å². The highest BCUT2D eigenvalue weighted by Gasteiger charge is 2.11. The molecular formula is C21H22N4O2. The van der Waals surface area contributed by atoms with Crippen molar-refractivity contribution in [1.82, 2.24) is 10.2 Å². The van der Waals surface area contributed by atoms with Gasteiger partial charge in [0.2, 0.25) is 5.91 Å². The van der Waals surface area contributed by atoms with Crippen LogP contribution < -0.4 is 15.4 Å². The van der Waals surface area contributed by atoms with E-state index in [2.05, 4.69) is 20.8 Å². The molecule has 1 amide bonds. The topological polar surface area (TPSA) is 76.1 Å².